The minimum absolute atomic E-state index is 0.00224. The summed E-state index contributed by atoms with van der Waals surface area (Å²) < 4.78 is 10.4. The molecular weight excluding hydrogens is 256 g/mol. The molecular formula is C16H26O4. The highest BCUT2D eigenvalue weighted by Crippen LogP contribution is 2.29. The zero-order valence-corrected chi connectivity index (χ0v) is 12.8. The molecule has 4 heteroatoms. The predicted molar refractivity (Wildman–Crippen MR) is 77.1 cm³/mol. The average Bonchev–Trinajstić information content (AvgIpc) is 2.43. The summed E-state index contributed by atoms with van der Waals surface area (Å²) >= 11 is 0. The Morgan fingerprint density at radius 1 is 1.15 bits per heavy atom. The Hall–Kier alpha value is -1.32. The Bertz CT molecular complexity index is 346. The zero-order chi connectivity index (χ0) is 15.0. The molecule has 0 aromatic heterocycles. The van der Waals surface area contributed by atoms with Gasteiger partial charge in [-0.15, -0.1) is 0 Å². The van der Waals surface area contributed by atoms with Crippen molar-refractivity contribution in [3.05, 3.63) is 12.2 Å². The molecule has 0 heterocycles. The molecule has 1 saturated carbocycles. The summed E-state index contributed by atoms with van der Waals surface area (Å²) in [7, 11) is 0. The van der Waals surface area contributed by atoms with Crippen molar-refractivity contribution < 1.29 is 19.1 Å². The monoisotopic (exact) mass is 282 g/mol. The summed E-state index contributed by atoms with van der Waals surface area (Å²) in [4.78, 5) is 23.0. The van der Waals surface area contributed by atoms with Crippen LogP contribution in [0.15, 0.2) is 12.2 Å². The second kappa shape index (κ2) is 8.77. The van der Waals surface area contributed by atoms with E-state index in [2.05, 4.69) is 6.92 Å². The van der Waals surface area contributed by atoms with E-state index in [4.69, 9.17) is 9.47 Å². The molecule has 0 amide bonds. The van der Waals surface area contributed by atoms with E-state index in [1.54, 1.807) is 0 Å². The first kappa shape index (κ1) is 16.7. The van der Waals surface area contributed by atoms with Crippen LogP contribution in [0.2, 0.25) is 0 Å². The van der Waals surface area contributed by atoms with Gasteiger partial charge in [0, 0.05) is 12.2 Å². The molecule has 0 aliphatic heterocycles. The lowest BCUT2D eigenvalue weighted by atomic mass is 9.85. The molecule has 2 atom stereocenters. The van der Waals surface area contributed by atoms with Crippen LogP contribution < -0.4 is 0 Å². The molecule has 1 fully saturated rings. The van der Waals surface area contributed by atoms with Crippen LogP contribution in [-0.2, 0) is 19.1 Å². The second-order valence-electron chi connectivity index (χ2n) is 5.79. The first-order valence-electron chi connectivity index (χ1n) is 7.58. The first-order valence-corrected chi connectivity index (χ1v) is 7.58. The summed E-state index contributed by atoms with van der Waals surface area (Å²) in [6.45, 7) is 6.40. The molecule has 0 aromatic rings. The van der Waals surface area contributed by atoms with Crippen molar-refractivity contribution in [3.63, 3.8) is 0 Å². The van der Waals surface area contributed by atoms with Gasteiger partial charge in [-0.25, -0.2) is 9.59 Å². The third kappa shape index (κ3) is 6.22. The van der Waals surface area contributed by atoms with Gasteiger partial charge in [0.25, 0.3) is 0 Å². The second-order valence-corrected chi connectivity index (χ2v) is 5.79. The molecule has 0 saturated heterocycles. The van der Waals surface area contributed by atoms with Gasteiger partial charge in [0.05, 0.1) is 6.61 Å². The van der Waals surface area contributed by atoms with Crippen LogP contribution in [0.4, 0.5) is 0 Å². The fraction of sp³-hybridized carbons (Fsp3) is 0.750. The number of hydrogen-bond acceptors (Lipinski definition) is 4. The highest BCUT2D eigenvalue weighted by Gasteiger charge is 2.26. The van der Waals surface area contributed by atoms with Crippen LogP contribution in [0.25, 0.3) is 0 Å². The summed E-state index contributed by atoms with van der Waals surface area (Å²) in [5.74, 6) is -0.205. The zero-order valence-electron chi connectivity index (χ0n) is 12.8. The summed E-state index contributed by atoms with van der Waals surface area (Å²) in [5.41, 5.74) is 0. The molecule has 0 N–H and O–H groups in total. The van der Waals surface area contributed by atoms with Gasteiger partial charge in [0.1, 0.15) is 6.10 Å². The Labute approximate surface area is 121 Å². The molecule has 0 radical (unpaired) electrons. The molecule has 20 heavy (non-hydrogen) atoms. The molecule has 1 aliphatic carbocycles. The van der Waals surface area contributed by atoms with Gasteiger partial charge in [-0.2, -0.15) is 0 Å². The van der Waals surface area contributed by atoms with Gasteiger partial charge < -0.3 is 9.47 Å². The Balaban J connectivity index is 2.36. The van der Waals surface area contributed by atoms with Crippen LogP contribution in [0.1, 0.15) is 52.9 Å². The molecule has 0 spiro atoms. The smallest absolute Gasteiger partial charge is 0.331 e. The van der Waals surface area contributed by atoms with Gasteiger partial charge in [-0.05, 0) is 37.5 Å². The summed E-state index contributed by atoms with van der Waals surface area (Å²) in [6, 6.07) is 0. The molecule has 1 rings (SSSR count). The van der Waals surface area contributed by atoms with Crippen LogP contribution in [0, 0.1) is 11.8 Å². The number of carbonyl (C=O) groups is 2. The number of ether oxygens (including phenoxy) is 2. The van der Waals surface area contributed by atoms with Crippen molar-refractivity contribution in [1.29, 1.82) is 0 Å². The lowest BCUT2D eigenvalue weighted by Crippen LogP contribution is -2.29. The molecule has 1 aliphatic rings. The molecule has 4 nitrogen and oxygen atoms in total. The molecule has 114 valence electrons. The van der Waals surface area contributed by atoms with Crippen molar-refractivity contribution in [2.45, 2.75) is 59.0 Å². The third-order valence-electron chi connectivity index (χ3n) is 3.55. The highest BCUT2D eigenvalue weighted by atomic mass is 16.5. The van der Waals surface area contributed by atoms with Gasteiger partial charge in [-0.1, -0.05) is 27.2 Å². The maximum Gasteiger partial charge on any atom is 0.331 e. The van der Waals surface area contributed by atoms with Crippen LogP contribution in [0.3, 0.4) is 0 Å². The maximum atomic E-state index is 11.7. The minimum Gasteiger partial charge on any atom is -0.462 e. The van der Waals surface area contributed by atoms with Crippen molar-refractivity contribution in [1.82, 2.24) is 0 Å². The summed E-state index contributed by atoms with van der Waals surface area (Å²) in [5, 5.41) is 0. The van der Waals surface area contributed by atoms with Gasteiger partial charge >= 0.3 is 11.9 Å². The summed E-state index contributed by atoms with van der Waals surface area (Å²) in [6.07, 6.45) is 7.71. The normalized spacial score (nSPS) is 23.0. The highest BCUT2D eigenvalue weighted by molar-refractivity contribution is 5.91. The maximum absolute atomic E-state index is 11.7. The number of carbonyl (C=O) groups excluding carboxylic acids is 2. The van der Waals surface area contributed by atoms with E-state index in [1.165, 1.54) is 12.5 Å². The van der Waals surface area contributed by atoms with Crippen LogP contribution >= 0.6 is 0 Å². The van der Waals surface area contributed by atoms with Gasteiger partial charge in [0.2, 0.25) is 0 Å². The standard InChI is InChI=1S/C16H26O4/c1-4-13-7-5-6-8-14(13)20-16(18)10-9-15(17)19-11-12(2)3/h9-10,12-14H,4-8,11H2,1-3H3/b10-9+. The number of esters is 2. The lowest BCUT2D eigenvalue weighted by Gasteiger charge is -2.29. The Morgan fingerprint density at radius 2 is 1.80 bits per heavy atom. The first-order chi connectivity index (χ1) is 9.52. The largest absolute Gasteiger partial charge is 0.462 e. The Kier molecular flexibility index (Phi) is 7.34. The van der Waals surface area contributed by atoms with Crippen molar-refractivity contribution >= 4 is 11.9 Å². The van der Waals surface area contributed by atoms with Crippen molar-refractivity contribution in [2.24, 2.45) is 11.8 Å². The lowest BCUT2D eigenvalue weighted by molar-refractivity contribution is -0.148. The molecule has 0 aromatic carbocycles. The van der Waals surface area contributed by atoms with E-state index in [1.807, 2.05) is 13.8 Å². The van der Waals surface area contributed by atoms with E-state index in [9.17, 15) is 9.59 Å². The number of rotatable bonds is 6. The third-order valence-corrected chi connectivity index (χ3v) is 3.55. The van der Waals surface area contributed by atoms with Crippen LogP contribution in [-0.4, -0.2) is 24.6 Å². The van der Waals surface area contributed by atoms with Gasteiger partial charge in [-0.3, -0.25) is 0 Å². The fourth-order valence-corrected chi connectivity index (χ4v) is 2.42. The van der Waals surface area contributed by atoms with E-state index < -0.39 is 11.9 Å². The van der Waals surface area contributed by atoms with E-state index in [-0.39, 0.29) is 12.0 Å². The average molecular weight is 282 g/mol. The molecule has 2 unspecified atom stereocenters. The fourth-order valence-electron chi connectivity index (χ4n) is 2.42. The van der Waals surface area contributed by atoms with Crippen molar-refractivity contribution in [3.8, 4) is 0 Å². The SMILES string of the molecule is CCC1CCCCC1OC(=O)/C=C/C(=O)OCC(C)C. The number of hydrogen-bond donors (Lipinski definition) is 0. The van der Waals surface area contributed by atoms with Gasteiger partial charge in [0.15, 0.2) is 0 Å². The topological polar surface area (TPSA) is 52.6 Å². The van der Waals surface area contributed by atoms with E-state index >= 15 is 0 Å². The van der Waals surface area contributed by atoms with Crippen molar-refractivity contribution in [2.75, 3.05) is 6.61 Å². The predicted octanol–water partition coefficient (Wildman–Crippen LogP) is 3.25. The molecule has 0 bridgehead atoms. The quantitative estimate of drug-likeness (QED) is 0.554. The Morgan fingerprint density at radius 3 is 2.45 bits per heavy atom. The van der Waals surface area contributed by atoms with E-state index in [0.29, 0.717) is 12.5 Å². The van der Waals surface area contributed by atoms with Crippen LogP contribution in [0.5, 0.6) is 0 Å². The minimum atomic E-state index is -0.494. The van der Waals surface area contributed by atoms with E-state index in [0.717, 1.165) is 31.8 Å².